The predicted octanol–water partition coefficient (Wildman–Crippen LogP) is 1.56. The van der Waals surface area contributed by atoms with Gasteiger partial charge in [-0.15, -0.1) is 11.3 Å². The van der Waals surface area contributed by atoms with Gasteiger partial charge in [0.15, 0.2) is 16.4 Å². The molecule has 0 unspecified atom stereocenters. The third kappa shape index (κ3) is 5.67. The average molecular weight is 368 g/mol. The number of carbonyl (C=O) groups excluding carboxylic acids is 2. The molecule has 0 saturated carbocycles. The van der Waals surface area contributed by atoms with Gasteiger partial charge < -0.3 is 10.1 Å². The number of thiophene rings is 1. The maximum Gasteiger partial charge on any atom is 0.321 e. The van der Waals surface area contributed by atoms with E-state index in [-0.39, 0.29) is 11.5 Å². The molecular weight excluding hydrogens is 352 g/mol. The second-order valence-corrected chi connectivity index (χ2v) is 7.89. The van der Waals surface area contributed by atoms with Gasteiger partial charge in [0, 0.05) is 11.1 Å². The third-order valence-corrected chi connectivity index (χ3v) is 4.88. The molecule has 2 N–H and O–H groups in total. The van der Waals surface area contributed by atoms with Crippen LogP contribution in [0.3, 0.4) is 0 Å². The Kier molecular flexibility index (Phi) is 5.93. The molecule has 3 amide bonds. The molecule has 24 heavy (non-hydrogen) atoms. The van der Waals surface area contributed by atoms with Crippen LogP contribution in [0, 0.1) is 0 Å². The molecule has 0 aliphatic carbocycles. The van der Waals surface area contributed by atoms with E-state index in [2.05, 4.69) is 10.6 Å². The van der Waals surface area contributed by atoms with Crippen molar-refractivity contribution >= 4 is 33.1 Å². The van der Waals surface area contributed by atoms with Gasteiger partial charge in [0.05, 0.1) is 11.4 Å². The van der Waals surface area contributed by atoms with Gasteiger partial charge in [-0.3, -0.25) is 10.1 Å². The molecule has 0 aliphatic heterocycles. The Hall–Kier alpha value is -2.39. The van der Waals surface area contributed by atoms with Crippen LogP contribution < -0.4 is 15.4 Å². The second-order valence-electron chi connectivity index (χ2n) is 4.84. The Balaban J connectivity index is 1.75. The smallest absolute Gasteiger partial charge is 0.321 e. The van der Waals surface area contributed by atoms with Crippen LogP contribution in [0.4, 0.5) is 4.79 Å². The number of benzene rings is 1. The minimum atomic E-state index is -3.28. The average Bonchev–Trinajstić information content (AvgIpc) is 3.04. The van der Waals surface area contributed by atoms with E-state index in [1.165, 1.54) is 35.6 Å². The molecule has 0 spiro atoms. The summed E-state index contributed by atoms with van der Waals surface area (Å²) in [7, 11) is -3.28. The predicted molar refractivity (Wildman–Crippen MR) is 89.7 cm³/mol. The number of nitrogens with one attached hydrogen (secondary N) is 2. The number of ether oxygens (including phenoxy) is 1. The van der Waals surface area contributed by atoms with Crippen molar-refractivity contribution in [3.8, 4) is 5.75 Å². The van der Waals surface area contributed by atoms with E-state index in [0.717, 1.165) is 11.1 Å². The maximum atomic E-state index is 11.6. The first-order chi connectivity index (χ1) is 11.3. The van der Waals surface area contributed by atoms with Crippen molar-refractivity contribution < 1.29 is 22.7 Å². The van der Waals surface area contributed by atoms with Gasteiger partial charge in [-0.2, -0.15) is 0 Å². The summed E-state index contributed by atoms with van der Waals surface area (Å²) in [6, 6.07) is 8.79. The van der Waals surface area contributed by atoms with E-state index in [0.29, 0.717) is 12.3 Å². The number of sulfone groups is 1. The molecular formula is C15H16N2O5S2. The van der Waals surface area contributed by atoms with Gasteiger partial charge in [0.25, 0.3) is 5.91 Å². The number of carbonyl (C=O) groups is 2. The Bertz CT molecular complexity index is 799. The van der Waals surface area contributed by atoms with Gasteiger partial charge in [-0.05, 0) is 35.7 Å². The van der Waals surface area contributed by atoms with Crippen molar-refractivity contribution in [2.45, 2.75) is 11.4 Å². The van der Waals surface area contributed by atoms with Crippen LogP contribution in [0.5, 0.6) is 5.75 Å². The molecule has 0 radical (unpaired) electrons. The van der Waals surface area contributed by atoms with Crippen molar-refractivity contribution in [3.05, 3.63) is 46.7 Å². The fourth-order valence-corrected chi connectivity index (χ4v) is 2.99. The van der Waals surface area contributed by atoms with Crippen LogP contribution in [0.25, 0.3) is 0 Å². The quantitative estimate of drug-likeness (QED) is 0.806. The van der Waals surface area contributed by atoms with Gasteiger partial charge in [0.2, 0.25) is 0 Å². The van der Waals surface area contributed by atoms with Crippen molar-refractivity contribution in [3.63, 3.8) is 0 Å². The molecule has 0 bridgehead atoms. The van der Waals surface area contributed by atoms with Crippen molar-refractivity contribution in [2.24, 2.45) is 0 Å². The van der Waals surface area contributed by atoms with E-state index < -0.39 is 21.8 Å². The highest BCUT2D eigenvalue weighted by Gasteiger charge is 2.10. The summed E-state index contributed by atoms with van der Waals surface area (Å²) in [5, 5.41) is 6.59. The molecule has 1 aromatic heterocycles. The first-order valence-electron chi connectivity index (χ1n) is 6.87. The minimum absolute atomic E-state index is 0.159. The lowest BCUT2D eigenvalue weighted by Gasteiger charge is -2.08. The molecule has 2 rings (SSSR count). The molecule has 0 aliphatic rings. The zero-order chi connectivity index (χ0) is 17.6. The molecule has 128 valence electrons. The summed E-state index contributed by atoms with van der Waals surface area (Å²) in [6.07, 6.45) is 1.10. The van der Waals surface area contributed by atoms with Crippen LogP contribution in [-0.4, -0.2) is 33.2 Å². The highest BCUT2D eigenvalue weighted by molar-refractivity contribution is 7.90. The zero-order valence-electron chi connectivity index (χ0n) is 12.8. The van der Waals surface area contributed by atoms with E-state index in [1.54, 1.807) is 0 Å². The largest absolute Gasteiger partial charge is 0.484 e. The van der Waals surface area contributed by atoms with Gasteiger partial charge in [-0.25, -0.2) is 13.2 Å². The molecule has 0 fully saturated rings. The summed E-state index contributed by atoms with van der Waals surface area (Å²) < 4.78 is 27.9. The van der Waals surface area contributed by atoms with Crippen LogP contribution in [0.15, 0.2) is 46.7 Å². The molecule has 0 saturated heterocycles. The van der Waals surface area contributed by atoms with Gasteiger partial charge in [0.1, 0.15) is 5.75 Å². The first-order valence-corrected chi connectivity index (χ1v) is 9.65. The monoisotopic (exact) mass is 368 g/mol. The number of hydrogen-bond acceptors (Lipinski definition) is 6. The van der Waals surface area contributed by atoms with Crippen LogP contribution in [0.1, 0.15) is 4.88 Å². The van der Waals surface area contributed by atoms with E-state index >= 15 is 0 Å². The highest BCUT2D eigenvalue weighted by atomic mass is 32.2. The first kappa shape index (κ1) is 18.0. The third-order valence-electron chi connectivity index (χ3n) is 2.88. The Morgan fingerprint density at radius 1 is 1.17 bits per heavy atom. The fourth-order valence-electron chi connectivity index (χ4n) is 1.72. The summed E-state index contributed by atoms with van der Waals surface area (Å²) in [6.45, 7) is -0.0186. The van der Waals surface area contributed by atoms with Crippen LogP contribution >= 0.6 is 11.3 Å². The van der Waals surface area contributed by atoms with E-state index in [9.17, 15) is 18.0 Å². The lowest BCUT2D eigenvalue weighted by Crippen LogP contribution is -2.41. The van der Waals surface area contributed by atoms with Crippen molar-refractivity contribution in [1.82, 2.24) is 10.6 Å². The zero-order valence-corrected chi connectivity index (χ0v) is 14.4. The second kappa shape index (κ2) is 7.93. The van der Waals surface area contributed by atoms with Crippen LogP contribution in [0.2, 0.25) is 0 Å². The summed E-state index contributed by atoms with van der Waals surface area (Å²) in [5.41, 5.74) is 0. The summed E-state index contributed by atoms with van der Waals surface area (Å²) >= 11 is 1.50. The Morgan fingerprint density at radius 3 is 2.46 bits per heavy atom. The molecule has 0 atom stereocenters. The molecule has 9 heteroatoms. The number of imide groups is 1. The summed E-state index contributed by atoms with van der Waals surface area (Å²) in [4.78, 5) is 24.3. The van der Waals surface area contributed by atoms with Gasteiger partial charge >= 0.3 is 6.03 Å². The normalized spacial score (nSPS) is 10.9. The maximum absolute atomic E-state index is 11.6. The molecule has 1 heterocycles. The Morgan fingerprint density at radius 2 is 1.88 bits per heavy atom. The number of rotatable bonds is 6. The minimum Gasteiger partial charge on any atom is -0.484 e. The van der Waals surface area contributed by atoms with Crippen LogP contribution in [-0.2, 0) is 21.2 Å². The number of amides is 3. The van der Waals surface area contributed by atoms with Crippen molar-refractivity contribution in [2.75, 3.05) is 12.9 Å². The van der Waals surface area contributed by atoms with Crippen molar-refractivity contribution in [1.29, 1.82) is 0 Å². The van der Waals surface area contributed by atoms with Gasteiger partial charge in [-0.1, -0.05) is 6.07 Å². The topological polar surface area (TPSA) is 102 Å². The summed E-state index contributed by atoms with van der Waals surface area (Å²) in [5.74, 6) is -0.276. The highest BCUT2D eigenvalue weighted by Crippen LogP contribution is 2.15. The standard InChI is InChI=1S/C15H16N2O5S2/c1-24(20,21)13-6-4-11(5-7-13)22-10-14(18)17-15(19)16-9-12-3-2-8-23-12/h2-8H,9-10H2,1H3,(H2,16,17,18,19). The SMILES string of the molecule is CS(=O)(=O)c1ccc(OCC(=O)NC(=O)NCc2cccs2)cc1. The lowest BCUT2D eigenvalue weighted by molar-refractivity contribution is -0.122. The molecule has 2 aromatic rings. The number of hydrogen-bond donors (Lipinski definition) is 2. The molecule has 1 aromatic carbocycles. The lowest BCUT2D eigenvalue weighted by atomic mass is 10.3. The number of urea groups is 1. The van der Waals surface area contributed by atoms with E-state index in [4.69, 9.17) is 4.74 Å². The van der Waals surface area contributed by atoms with E-state index in [1.807, 2.05) is 17.5 Å². The Labute approximate surface area is 143 Å². The fraction of sp³-hybridized carbons (Fsp3) is 0.200. The molecule has 7 nitrogen and oxygen atoms in total.